The van der Waals surface area contributed by atoms with Crippen LogP contribution >= 0.6 is 0 Å². The number of hydrogen-bond donors (Lipinski definition) is 3. The number of benzene rings is 1. The molecule has 0 saturated heterocycles. The molecule has 0 atom stereocenters. The van der Waals surface area contributed by atoms with E-state index in [1.54, 1.807) is 0 Å². The second-order valence-corrected chi connectivity index (χ2v) is 6.54. The molecule has 2 heterocycles. The first kappa shape index (κ1) is 14.4. The number of para-hydroxylation sites is 1. The van der Waals surface area contributed by atoms with Gasteiger partial charge in [0.15, 0.2) is 0 Å². The summed E-state index contributed by atoms with van der Waals surface area (Å²) in [6, 6.07) is 11.9. The number of hydrogen-bond acceptors (Lipinski definition) is 4. The highest BCUT2D eigenvalue weighted by molar-refractivity contribution is 5.88. The van der Waals surface area contributed by atoms with Crippen LogP contribution in [0.25, 0.3) is 11.0 Å². The molecule has 0 aliphatic rings. The Bertz CT molecular complexity index is 756. The Morgan fingerprint density at radius 1 is 1.05 bits per heavy atom. The van der Waals surface area contributed by atoms with Crippen molar-refractivity contribution in [2.24, 2.45) is 5.41 Å². The quantitative estimate of drug-likeness (QED) is 0.676. The van der Waals surface area contributed by atoms with Crippen LogP contribution in [0.3, 0.4) is 0 Å². The van der Waals surface area contributed by atoms with Gasteiger partial charge in [-0.25, -0.2) is 0 Å². The van der Waals surface area contributed by atoms with Crippen LogP contribution in [-0.4, -0.2) is 21.5 Å². The maximum atomic E-state index is 4.62. The summed E-state index contributed by atoms with van der Waals surface area (Å²) in [5, 5.41) is 7.67. The molecular weight excluding hydrogens is 274 g/mol. The highest BCUT2D eigenvalue weighted by atomic mass is 15.2. The lowest BCUT2D eigenvalue weighted by Crippen LogP contribution is -2.20. The fraction of sp³-hybridized carbons (Fsp3) is 0.294. The number of nitrogens with zero attached hydrogens (tertiary/aromatic N) is 2. The minimum atomic E-state index is 0.181. The SMILES string of the molecule is CC(C)(C)CNc1nc(Nc2ccccc2)nc2[nH]ccc12. The molecular formula is C17H21N5. The molecule has 3 N–H and O–H groups in total. The molecule has 5 heteroatoms. The number of rotatable bonds is 4. The zero-order valence-corrected chi connectivity index (χ0v) is 13.1. The van der Waals surface area contributed by atoms with Gasteiger partial charge in [0.1, 0.15) is 11.5 Å². The standard InChI is InChI=1S/C17H21N5/c1-17(2,3)11-19-15-13-9-10-18-14(13)21-16(22-15)20-12-7-5-4-6-8-12/h4-10H,11H2,1-3H3,(H3,18,19,20,21,22). The average Bonchev–Trinajstić information content (AvgIpc) is 2.93. The van der Waals surface area contributed by atoms with Gasteiger partial charge in [-0.2, -0.15) is 9.97 Å². The lowest BCUT2D eigenvalue weighted by molar-refractivity contribution is 0.442. The third-order valence-electron chi connectivity index (χ3n) is 3.23. The van der Waals surface area contributed by atoms with Crippen LogP contribution in [0.15, 0.2) is 42.6 Å². The van der Waals surface area contributed by atoms with Gasteiger partial charge in [0.2, 0.25) is 5.95 Å². The van der Waals surface area contributed by atoms with Crippen molar-refractivity contribution in [1.82, 2.24) is 15.0 Å². The van der Waals surface area contributed by atoms with Gasteiger partial charge in [-0.05, 0) is 23.6 Å². The van der Waals surface area contributed by atoms with Crippen molar-refractivity contribution in [3.8, 4) is 0 Å². The van der Waals surface area contributed by atoms with E-state index in [1.807, 2.05) is 42.6 Å². The Kier molecular flexibility index (Phi) is 3.71. The Morgan fingerprint density at radius 2 is 1.82 bits per heavy atom. The topological polar surface area (TPSA) is 65.6 Å². The zero-order valence-electron chi connectivity index (χ0n) is 13.1. The third-order valence-corrected chi connectivity index (χ3v) is 3.23. The number of anilines is 3. The van der Waals surface area contributed by atoms with Gasteiger partial charge in [0.25, 0.3) is 0 Å². The van der Waals surface area contributed by atoms with Crippen molar-refractivity contribution in [3.63, 3.8) is 0 Å². The molecule has 22 heavy (non-hydrogen) atoms. The predicted octanol–water partition coefficient (Wildman–Crippen LogP) is 4.16. The van der Waals surface area contributed by atoms with E-state index >= 15 is 0 Å². The molecule has 3 aromatic rings. The molecule has 0 fully saturated rings. The van der Waals surface area contributed by atoms with E-state index in [0.29, 0.717) is 5.95 Å². The van der Waals surface area contributed by atoms with Gasteiger partial charge >= 0.3 is 0 Å². The Balaban J connectivity index is 1.91. The minimum Gasteiger partial charge on any atom is -0.369 e. The van der Waals surface area contributed by atoms with Crippen molar-refractivity contribution in [1.29, 1.82) is 0 Å². The molecule has 0 bridgehead atoms. The van der Waals surface area contributed by atoms with Gasteiger partial charge in [-0.15, -0.1) is 0 Å². The molecule has 0 aliphatic carbocycles. The molecule has 0 saturated carbocycles. The normalized spacial score (nSPS) is 11.6. The first-order valence-corrected chi connectivity index (χ1v) is 7.42. The Morgan fingerprint density at radius 3 is 2.55 bits per heavy atom. The van der Waals surface area contributed by atoms with Gasteiger partial charge in [0, 0.05) is 18.4 Å². The van der Waals surface area contributed by atoms with E-state index in [0.717, 1.165) is 29.1 Å². The van der Waals surface area contributed by atoms with Gasteiger partial charge < -0.3 is 15.6 Å². The fourth-order valence-electron chi connectivity index (χ4n) is 2.13. The molecule has 114 valence electrons. The van der Waals surface area contributed by atoms with Crippen LogP contribution in [0.2, 0.25) is 0 Å². The molecule has 0 unspecified atom stereocenters. The van der Waals surface area contributed by atoms with Gasteiger partial charge in [-0.1, -0.05) is 39.0 Å². The summed E-state index contributed by atoms with van der Waals surface area (Å²) in [6.07, 6.45) is 1.88. The molecule has 0 radical (unpaired) electrons. The number of H-pyrrole nitrogens is 1. The summed E-state index contributed by atoms with van der Waals surface area (Å²) >= 11 is 0. The van der Waals surface area contributed by atoms with E-state index in [1.165, 1.54) is 0 Å². The lowest BCUT2D eigenvalue weighted by atomic mass is 9.97. The predicted molar refractivity (Wildman–Crippen MR) is 91.6 cm³/mol. The van der Waals surface area contributed by atoms with Crippen LogP contribution in [0.5, 0.6) is 0 Å². The first-order chi connectivity index (χ1) is 10.5. The second-order valence-electron chi connectivity index (χ2n) is 6.54. The largest absolute Gasteiger partial charge is 0.369 e. The third kappa shape index (κ3) is 3.36. The number of aromatic nitrogens is 3. The Labute approximate surface area is 130 Å². The summed E-state index contributed by atoms with van der Waals surface area (Å²) in [6.45, 7) is 7.42. The monoisotopic (exact) mass is 295 g/mol. The summed E-state index contributed by atoms with van der Waals surface area (Å²) < 4.78 is 0. The number of aromatic amines is 1. The van der Waals surface area contributed by atoms with Crippen molar-refractivity contribution >= 4 is 28.5 Å². The summed E-state index contributed by atoms with van der Waals surface area (Å²) in [4.78, 5) is 12.3. The van der Waals surface area contributed by atoms with Crippen LogP contribution in [0, 0.1) is 5.41 Å². The van der Waals surface area contributed by atoms with Crippen LogP contribution < -0.4 is 10.6 Å². The van der Waals surface area contributed by atoms with E-state index in [-0.39, 0.29) is 5.41 Å². The van der Waals surface area contributed by atoms with E-state index < -0.39 is 0 Å². The molecule has 1 aromatic carbocycles. The van der Waals surface area contributed by atoms with Crippen molar-refractivity contribution in [2.45, 2.75) is 20.8 Å². The zero-order chi connectivity index (χ0) is 15.6. The summed E-state index contributed by atoms with van der Waals surface area (Å²) in [7, 11) is 0. The first-order valence-electron chi connectivity index (χ1n) is 7.42. The lowest BCUT2D eigenvalue weighted by Gasteiger charge is -2.19. The maximum Gasteiger partial charge on any atom is 0.231 e. The van der Waals surface area contributed by atoms with Gasteiger partial charge in [-0.3, -0.25) is 0 Å². The Hall–Kier alpha value is -2.56. The summed E-state index contributed by atoms with van der Waals surface area (Å²) in [5.41, 5.74) is 1.97. The van der Waals surface area contributed by atoms with E-state index in [4.69, 9.17) is 0 Å². The molecule has 2 aromatic heterocycles. The van der Waals surface area contributed by atoms with E-state index in [9.17, 15) is 0 Å². The number of nitrogens with one attached hydrogen (secondary N) is 3. The highest BCUT2D eigenvalue weighted by Gasteiger charge is 2.13. The average molecular weight is 295 g/mol. The van der Waals surface area contributed by atoms with Crippen molar-refractivity contribution in [3.05, 3.63) is 42.6 Å². The smallest absolute Gasteiger partial charge is 0.231 e. The van der Waals surface area contributed by atoms with Gasteiger partial charge in [0.05, 0.1) is 5.39 Å². The van der Waals surface area contributed by atoms with Crippen LogP contribution in [0.4, 0.5) is 17.5 Å². The minimum absolute atomic E-state index is 0.181. The highest BCUT2D eigenvalue weighted by Crippen LogP contribution is 2.24. The molecule has 0 aliphatic heterocycles. The number of fused-ring (bicyclic) bond motifs is 1. The molecule has 5 nitrogen and oxygen atoms in total. The fourth-order valence-corrected chi connectivity index (χ4v) is 2.13. The van der Waals surface area contributed by atoms with Crippen molar-refractivity contribution < 1.29 is 0 Å². The van der Waals surface area contributed by atoms with Crippen LogP contribution in [0.1, 0.15) is 20.8 Å². The second kappa shape index (κ2) is 5.67. The summed E-state index contributed by atoms with van der Waals surface area (Å²) in [5.74, 6) is 1.43. The molecule has 3 rings (SSSR count). The van der Waals surface area contributed by atoms with Crippen molar-refractivity contribution in [2.75, 3.05) is 17.2 Å². The van der Waals surface area contributed by atoms with Crippen LogP contribution in [-0.2, 0) is 0 Å². The molecule has 0 amide bonds. The molecule has 0 spiro atoms. The van der Waals surface area contributed by atoms with E-state index in [2.05, 4.69) is 46.4 Å². The maximum absolute atomic E-state index is 4.62.